The molecular weight excluding hydrogens is 284 g/mol. The van der Waals surface area contributed by atoms with Gasteiger partial charge in [0.1, 0.15) is 0 Å². The second-order valence-corrected chi connectivity index (χ2v) is 7.94. The second kappa shape index (κ2) is 3.20. The molecule has 0 radical (unpaired) electrons. The molecule has 1 nitrogen and oxygen atoms in total. The van der Waals surface area contributed by atoms with E-state index in [1.54, 1.807) is 11.3 Å². The third-order valence-corrected chi connectivity index (χ3v) is 6.49. The van der Waals surface area contributed by atoms with Crippen molar-refractivity contribution in [3.63, 3.8) is 0 Å². The summed E-state index contributed by atoms with van der Waals surface area (Å²) in [5, 5.41) is 0. The first-order valence-corrected chi connectivity index (χ1v) is 7.66. The van der Waals surface area contributed by atoms with E-state index in [2.05, 4.69) is 15.9 Å². The fourth-order valence-electron chi connectivity index (χ4n) is 4.29. The van der Waals surface area contributed by atoms with Crippen molar-refractivity contribution in [3.8, 4) is 0 Å². The van der Waals surface area contributed by atoms with E-state index in [9.17, 15) is 4.79 Å². The molecule has 3 heteroatoms. The second-order valence-electron chi connectivity index (χ2n) is 5.48. The summed E-state index contributed by atoms with van der Waals surface area (Å²) in [5.74, 6) is 4.16. The SMILES string of the molecule is O=C(c1ccc(Br)s1)C1C2C3CCC(C3)C12. The predicted molar refractivity (Wildman–Crippen MR) is 67.7 cm³/mol. The van der Waals surface area contributed by atoms with Gasteiger partial charge >= 0.3 is 0 Å². The number of fused-ring (bicyclic) bond motifs is 5. The van der Waals surface area contributed by atoms with Gasteiger partial charge in [0, 0.05) is 5.92 Å². The highest BCUT2D eigenvalue weighted by molar-refractivity contribution is 9.11. The number of ketones is 1. The van der Waals surface area contributed by atoms with Gasteiger partial charge in [-0.3, -0.25) is 4.79 Å². The third kappa shape index (κ3) is 1.19. The molecule has 0 aromatic carbocycles. The van der Waals surface area contributed by atoms with Crippen molar-refractivity contribution >= 4 is 33.0 Å². The number of carbonyl (C=O) groups is 1. The fourth-order valence-corrected chi connectivity index (χ4v) is 5.66. The highest BCUT2D eigenvalue weighted by Gasteiger charge is 2.67. The van der Waals surface area contributed by atoms with Crippen molar-refractivity contribution in [2.45, 2.75) is 19.3 Å². The van der Waals surface area contributed by atoms with Crippen LogP contribution in [-0.2, 0) is 0 Å². The molecule has 2 bridgehead atoms. The Kier molecular flexibility index (Phi) is 1.97. The fraction of sp³-hybridized carbons (Fsp3) is 0.615. The van der Waals surface area contributed by atoms with Crippen LogP contribution in [0.3, 0.4) is 0 Å². The Bertz CT molecular complexity index is 450. The topological polar surface area (TPSA) is 17.1 Å². The molecule has 84 valence electrons. The minimum absolute atomic E-state index is 0.400. The van der Waals surface area contributed by atoms with Crippen LogP contribution < -0.4 is 0 Å². The molecule has 16 heavy (non-hydrogen) atoms. The van der Waals surface area contributed by atoms with Crippen molar-refractivity contribution in [3.05, 3.63) is 20.8 Å². The molecule has 0 aliphatic heterocycles. The van der Waals surface area contributed by atoms with Crippen molar-refractivity contribution in [2.75, 3.05) is 0 Å². The number of thiophene rings is 1. The van der Waals surface area contributed by atoms with Gasteiger partial charge in [-0.25, -0.2) is 0 Å². The Morgan fingerprint density at radius 2 is 1.94 bits per heavy atom. The number of halogens is 1. The van der Waals surface area contributed by atoms with Crippen molar-refractivity contribution in [1.82, 2.24) is 0 Å². The molecule has 1 aromatic heterocycles. The van der Waals surface area contributed by atoms with Gasteiger partial charge < -0.3 is 0 Å². The molecule has 0 N–H and O–H groups in total. The normalized spacial score (nSPS) is 43.4. The zero-order chi connectivity index (χ0) is 10.9. The molecule has 3 aliphatic carbocycles. The van der Waals surface area contributed by atoms with E-state index < -0.39 is 0 Å². The Balaban J connectivity index is 1.59. The van der Waals surface area contributed by atoms with Crippen LogP contribution in [0.1, 0.15) is 28.9 Å². The molecule has 1 heterocycles. The summed E-state index contributed by atoms with van der Waals surface area (Å²) in [6, 6.07) is 3.97. The molecule has 4 unspecified atom stereocenters. The van der Waals surface area contributed by atoms with Crippen LogP contribution in [0.4, 0.5) is 0 Å². The summed E-state index contributed by atoms with van der Waals surface area (Å²) >= 11 is 5.03. The Morgan fingerprint density at radius 3 is 2.50 bits per heavy atom. The lowest BCUT2D eigenvalue weighted by atomic mass is 9.99. The molecular formula is C13H13BrOS. The number of rotatable bonds is 2. The minimum atomic E-state index is 0.400. The minimum Gasteiger partial charge on any atom is -0.293 e. The zero-order valence-corrected chi connectivity index (χ0v) is 11.3. The van der Waals surface area contributed by atoms with E-state index in [0.717, 1.165) is 32.3 Å². The van der Waals surface area contributed by atoms with Crippen molar-refractivity contribution < 1.29 is 4.79 Å². The summed E-state index contributed by atoms with van der Waals surface area (Å²) < 4.78 is 1.07. The molecule has 3 saturated carbocycles. The molecule has 3 aliphatic rings. The lowest BCUT2D eigenvalue weighted by Crippen LogP contribution is -2.08. The smallest absolute Gasteiger partial charge is 0.176 e. The van der Waals surface area contributed by atoms with Gasteiger partial charge in [0.25, 0.3) is 0 Å². The molecule has 0 amide bonds. The molecule has 1 aromatic rings. The first-order valence-electron chi connectivity index (χ1n) is 6.05. The average Bonchev–Trinajstić information content (AvgIpc) is 2.68. The summed E-state index contributed by atoms with van der Waals surface area (Å²) in [5.41, 5.74) is 0. The van der Waals surface area contributed by atoms with E-state index in [0.29, 0.717) is 11.7 Å². The number of Topliss-reactive ketones (excluding diaryl/α,β-unsaturated/α-hetero) is 1. The first-order chi connectivity index (χ1) is 7.75. The van der Waals surface area contributed by atoms with Crippen LogP contribution in [-0.4, -0.2) is 5.78 Å². The summed E-state index contributed by atoms with van der Waals surface area (Å²) in [6.45, 7) is 0. The molecule has 0 spiro atoms. The van der Waals surface area contributed by atoms with Crippen molar-refractivity contribution in [1.29, 1.82) is 0 Å². The summed E-state index contributed by atoms with van der Waals surface area (Å²) in [6.07, 6.45) is 4.21. The Morgan fingerprint density at radius 1 is 1.25 bits per heavy atom. The average molecular weight is 297 g/mol. The van der Waals surface area contributed by atoms with Crippen LogP contribution in [0.15, 0.2) is 15.9 Å². The molecule has 3 fully saturated rings. The van der Waals surface area contributed by atoms with Gasteiger partial charge in [-0.15, -0.1) is 11.3 Å². The highest BCUT2D eigenvalue weighted by Crippen LogP contribution is 2.70. The maximum atomic E-state index is 12.3. The van der Waals surface area contributed by atoms with E-state index in [4.69, 9.17) is 0 Å². The summed E-state index contributed by atoms with van der Waals surface area (Å²) in [4.78, 5) is 13.3. The molecule has 4 atom stereocenters. The monoisotopic (exact) mass is 296 g/mol. The van der Waals surface area contributed by atoms with E-state index in [1.165, 1.54) is 19.3 Å². The van der Waals surface area contributed by atoms with Crippen LogP contribution >= 0.6 is 27.3 Å². The molecule has 4 rings (SSSR count). The number of hydrogen-bond donors (Lipinski definition) is 0. The van der Waals surface area contributed by atoms with Gasteiger partial charge in [-0.1, -0.05) is 0 Å². The zero-order valence-electron chi connectivity index (χ0n) is 8.86. The van der Waals surface area contributed by atoms with Crippen LogP contribution in [0, 0.1) is 29.6 Å². The lowest BCUT2D eigenvalue weighted by Gasteiger charge is -2.06. The standard InChI is InChI=1S/C13H13BrOS/c14-9-4-3-8(16-9)13(15)12-10-6-1-2-7(5-6)11(10)12/h3-4,6-7,10-12H,1-2,5H2. The van der Waals surface area contributed by atoms with Gasteiger partial charge in [0.15, 0.2) is 5.78 Å². The first kappa shape index (κ1) is 9.84. The Labute approximate surface area is 107 Å². The number of hydrogen-bond acceptors (Lipinski definition) is 2. The maximum Gasteiger partial charge on any atom is 0.176 e. The van der Waals surface area contributed by atoms with Gasteiger partial charge in [0.2, 0.25) is 0 Å². The van der Waals surface area contributed by atoms with Crippen LogP contribution in [0.5, 0.6) is 0 Å². The van der Waals surface area contributed by atoms with Gasteiger partial charge in [-0.05, 0) is 71.0 Å². The van der Waals surface area contributed by atoms with Gasteiger partial charge in [0.05, 0.1) is 8.66 Å². The number of carbonyl (C=O) groups excluding carboxylic acids is 1. The maximum absolute atomic E-state index is 12.3. The van der Waals surface area contributed by atoms with Crippen molar-refractivity contribution in [2.24, 2.45) is 29.6 Å². The highest BCUT2D eigenvalue weighted by atomic mass is 79.9. The summed E-state index contributed by atoms with van der Waals surface area (Å²) in [7, 11) is 0. The quantitative estimate of drug-likeness (QED) is 0.754. The predicted octanol–water partition coefficient (Wildman–Crippen LogP) is 3.99. The van der Waals surface area contributed by atoms with E-state index in [-0.39, 0.29) is 0 Å². The third-order valence-electron chi connectivity index (χ3n) is 4.85. The Hall–Kier alpha value is -0.150. The van der Waals surface area contributed by atoms with Gasteiger partial charge in [-0.2, -0.15) is 0 Å². The van der Waals surface area contributed by atoms with E-state index >= 15 is 0 Å². The largest absolute Gasteiger partial charge is 0.293 e. The lowest BCUT2D eigenvalue weighted by molar-refractivity contribution is 0.0948. The van der Waals surface area contributed by atoms with Crippen LogP contribution in [0.25, 0.3) is 0 Å². The van der Waals surface area contributed by atoms with E-state index in [1.807, 2.05) is 12.1 Å². The molecule has 0 saturated heterocycles. The van der Waals surface area contributed by atoms with Crippen LogP contribution in [0.2, 0.25) is 0 Å².